The van der Waals surface area contributed by atoms with E-state index in [1.807, 2.05) is 0 Å². The van der Waals surface area contributed by atoms with Crippen molar-refractivity contribution < 1.29 is 17.1 Å². The Morgan fingerprint density at radius 3 is 1.38 bits per heavy atom. The van der Waals surface area contributed by atoms with Gasteiger partial charge in [0.1, 0.15) is 0 Å². The van der Waals surface area contributed by atoms with Crippen LogP contribution < -0.4 is 0 Å². The molecule has 2 heteroatoms. The van der Waals surface area contributed by atoms with Crippen LogP contribution in [0, 0.1) is 0 Å². The van der Waals surface area contributed by atoms with E-state index in [1.165, 1.54) is 11.1 Å². The van der Waals surface area contributed by atoms with Crippen molar-refractivity contribution in [1.82, 2.24) is 0 Å². The van der Waals surface area contributed by atoms with Crippen LogP contribution in [0.4, 0.5) is 0 Å². The third kappa shape index (κ3) is 3.30. The molecule has 170 valence electrons. The van der Waals surface area contributed by atoms with Crippen LogP contribution in [0.5, 0.6) is 0 Å². The van der Waals surface area contributed by atoms with Crippen LogP contribution in [0.1, 0.15) is 94.1 Å². The molecule has 0 fully saturated rings. The molecule has 2 aromatic carbocycles. The average Bonchev–Trinajstić information content (AvgIpc) is 3.23. The van der Waals surface area contributed by atoms with Crippen LogP contribution in [0.2, 0.25) is 22.5 Å². The van der Waals surface area contributed by atoms with Crippen LogP contribution in [0.15, 0.2) is 47.5 Å². The first-order valence-electron chi connectivity index (χ1n) is 12.5. The summed E-state index contributed by atoms with van der Waals surface area (Å²) in [6.45, 7) is 19.6. The van der Waals surface area contributed by atoms with Crippen LogP contribution in [-0.2, 0) is 17.1 Å². The van der Waals surface area contributed by atoms with Crippen LogP contribution in [0.25, 0.3) is 12.2 Å². The van der Waals surface area contributed by atoms with Crippen molar-refractivity contribution in [3.63, 3.8) is 0 Å². The van der Waals surface area contributed by atoms with Gasteiger partial charge < -0.3 is 0 Å². The third-order valence-electron chi connectivity index (χ3n) is 9.22. The predicted octanol–water partition coefficient (Wildman–Crippen LogP) is 9.59. The quantitative estimate of drug-likeness (QED) is 0.303. The summed E-state index contributed by atoms with van der Waals surface area (Å²) < 4.78 is 7.02. The van der Waals surface area contributed by atoms with Crippen LogP contribution in [0.3, 0.4) is 0 Å². The normalized spacial score (nSPS) is 20.4. The van der Waals surface area contributed by atoms with Crippen molar-refractivity contribution in [2.24, 2.45) is 0 Å². The molecule has 0 amide bonds. The van der Waals surface area contributed by atoms with Crippen LogP contribution >= 0.6 is 0 Å². The molecule has 2 aliphatic carbocycles. The second-order valence-electron chi connectivity index (χ2n) is 12.3. The number of benzene rings is 2. The van der Waals surface area contributed by atoms with Gasteiger partial charge in [-0.3, -0.25) is 0 Å². The first kappa shape index (κ1) is 24.1. The van der Waals surface area contributed by atoms with Crippen molar-refractivity contribution in [3.05, 3.63) is 80.9 Å². The van der Waals surface area contributed by atoms with Gasteiger partial charge in [0.25, 0.3) is 0 Å². The van der Waals surface area contributed by atoms with Gasteiger partial charge in [-0.1, -0.05) is 0 Å². The molecule has 2 unspecified atom stereocenters. The van der Waals surface area contributed by atoms with Gasteiger partial charge in [0, 0.05) is 0 Å². The molecular formula is C30H42HfSi. The fourth-order valence-electron chi connectivity index (χ4n) is 7.26. The Morgan fingerprint density at radius 2 is 1.06 bits per heavy atom. The number of hydrogen-bond donors (Lipinski definition) is 0. The molecule has 4 rings (SSSR count). The summed E-state index contributed by atoms with van der Waals surface area (Å²) in [5.74, 6) is 1.14. The number of allylic oxidation sites excluding steroid dienone is 2. The molecule has 0 N–H and O–H groups in total. The molecule has 0 nitrogen and oxygen atoms in total. The first-order chi connectivity index (χ1) is 14.9. The van der Waals surface area contributed by atoms with Gasteiger partial charge in [-0.25, -0.2) is 0 Å². The fourth-order valence-corrected chi connectivity index (χ4v) is 47.7. The van der Waals surface area contributed by atoms with Gasteiger partial charge >= 0.3 is 199 Å². The second kappa shape index (κ2) is 8.05. The average molecular weight is 609 g/mol. The van der Waals surface area contributed by atoms with E-state index in [1.54, 1.807) is 33.4 Å². The Morgan fingerprint density at radius 1 is 0.688 bits per heavy atom. The van der Waals surface area contributed by atoms with E-state index < -0.39 is 22.6 Å². The van der Waals surface area contributed by atoms with Crippen molar-refractivity contribution in [1.29, 1.82) is 0 Å². The summed E-state index contributed by atoms with van der Waals surface area (Å²) >= 11 is -3.59. The van der Waals surface area contributed by atoms with E-state index in [2.05, 4.69) is 113 Å². The van der Waals surface area contributed by atoms with E-state index >= 15 is 0 Å². The van der Waals surface area contributed by atoms with E-state index in [4.69, 9.17) is 0 Å². The minimum atomic E-state index is -3.59. The molecule has 0 spiro atoms. The molecule has 2 aliphatic rings. The summed E-state index contributed by atoms with van der Waals surface area (Å²) in [4.78, 5) is 0. The Labute approximate surface area is 197 Å². The topological polar surface area (TPSA) is 0 Å². The minimum absolute atomic E-state index is 0.512. The molecule has 0 heterocycles. The van der Waals surface area contributed by atoms with E-state index in [9.17, 15) is 0 Å². The zero-order chi connectivity index (χ0) is 23.6. The zero-order valence-electron chi connectivity index (χ0n) is 21.9. The molecule has 0 bridgehead atoms. The van der Waals surface area contributed by atoms with E-state index in [0.29, 0.717) is 19.2 Å². The molecule has 2 aromatic rings. The van der Waals surface area contributed by atoms with E-state index in [0.717, 1.165) is 0 Å². The van der Waals surface area contributed by atoms with Crippen molar-refractivity contribution >= 4 is 17.6 Å². The summed E-state index contributed by atoms with van der Waals surface area (Å²) in [6, 6.07) is 14.4. The summed E-state index contributed by atoms with van der Waals surface area (Å²) in [6.07, 6.45) is 5.14. The fraction of sp³-hybridized carbons (Fsp3) is 0.467. The summed E-state index contributed by atoms with van der Waals surface area (Å²) in [7, 11) is 0. The number of hydrogen-bond acceptors (Lipinski definition) is 0. The van der Waals surface area contributed by atoms with Crippen molar-refractivity contribution in [2.75, 3.05) is 0 Å². The molecule has 0 aliphatic heterocycles. The first-order valence-corrected chi connectivity index (χ1v) is 31.7. The molecule has 0 aromatic heterocycles. The summed E-state index contributed by atoms with van der Waals surface area (Å²) in [5.41, 5.74) is 12.2. The van der Waals surface area contributed by atoms with Crippen molar-refractivity contribution in [2.45, 2.75) is 83.2 Å². The summed E-state index contributed by atoms with van der Waals surface area (Å²) in [5, 5.41) is 0. The predicted molar refractivity (Wildman–Crippen MR) is 143 cm³/mol. The van der Waals surface area contributed by atoms with Crippen LogP contribution in [-0.4, -0.2) is 5.49 Å². The van der Waals surface area contributed by atoms with Gasteiger partial charge in [0.2, 0.25) is 0 Å². The molecule has 0 saturated heterocycles. The number of rotatable bonds is 4. The monoisotopic (exact) mass is 610 g/mol. The molecule has 0 radical (unpaired) electrons. The Hall–Kier alpha value is -0.993. The molecule has 2 atom stereocenters. The van der Waals surface area contributed by atoms with Gasteiger partial charge in [-0.15, -0.1) is 0 Å². The maximum absolute atomic E-state index is 3.59. The van der Waals surface area contributed by atoms with Crippen molar-refractivity contribution in [3.8, 4) is 0 Å². The van der Waals surface area contributed by atoms with Gasteiger partial charge in [0.05, 0.1) is 0 Å². The van der Waals surface area contributed by atoms with Gasteiger partial charge in [0.15, 0.2) is 0 Å². The number of fused-ring (bicyclic) bond motifs is 2. The molecule has 0 saturated carbocycles. The second-order valence-corrected chi connectivity index (χ2v) is 60.9. The molecular weight excluding hydrogens is 567 g/mol. The maximum atomic E-state index is 2.85. The Kier molecular flexibility index (Phi) is 6.07. The Bertz CT molecular complexity index is 1140. The standard InChI is InChI=1S/2C13H15.C2H6Si.2CH3.Hf/c2*1-9(2)12-6-4-5-11-7-10(3)8-13(11)12;1-3-2;;;/h2*4-9H,1-3H3;1-2H3;2*1H3;. The zero-order valence-corrected chi connectivity index (χ0v) is 26.5. The van der Waals surface area contributed by atoms with E-state index in [-0.39, 0.29) is 0 Å². The SMILES string of the molecule is CC1=Cc2c(C(C)C)cccc2[CH]1[Hf]([CH3])([CH3])([CH]1C(C)=Cc2c(C(C)C)cccc21)=[Si](C)C. The molecule has 32 heavy (non-hydrogen) atoms. The third-order valence-corrected chi connectivity index (χ3v) is 69.4. The Balaban J connectivity index is 2.03. The van der Waals surface area contributed by atoms with Gasteiger partial charge in [-0.05, 0) is 0 Å². The van der Waals surface area contributed by atoms with Gasteiger partial charge in [-0.2, -0.15) is 0 Å².